The Balaban J connectivity index is 1.47. The molecule has 0 aromatic carbocycles. The summed E-state index contributed by atoms with van der Waals surface area (Å²) in [7, 11) is 0. The number of fused-ring (bicyclic) bond motifs is 1. The summed E-state index contributed by atoms with van der Waals surface area (Å²) in [5.41, 5.74) is 0. The van der Waals surface area contributed by atoms with Gasteiger partial charge in [0, 0.05) is 18.1 Å². The van der Waals surface area contributed by atoms with E-state index in [0.717, 1.165) is 24.0 Å². The molecule has 0 bridgehead atoms. The van der Waals surface area contributed by atoms with E-state index in [0.29, 0.717) is 0 Å². The van der Waals surface area contributed by atoms with Crippen LogP contribution in [0.25, 0.3) is 0 Å². The van der Waals surface area contributed by atoms with E-state index >= 15 is 0 Å². The van der Waals surface area contributed by atoms with Crippen LogP contribution in [0.3, 0.4) is 0 Å². The van der Waals surface area contributed by atoms with Gasteiger partial charge in [0.1, 0.15) is 0 Å². The van der Waals surface area contributed by atoms with Gasteiger partial charge in [0.05, 0.1) is 0 Å². The van der Waals surface area contributed by atoms with Crippen molar-refractivity contribution in [1.29, 1.82) is 0 Å². The van der Waals surface area contributed by atoms with Crippen molar-refractivity contribution in [2.45, 2.75) is 82.8 Å². The largest absolute Gasteiger partial charge is 0.311 e. The van der Waals surface area contributed by atoms with Crippen LogP contribution in [0, 0.1) is 5.92 Å². The van der Waals surface area contributed by atoms with Crippen molar-refractivity contribution in [2.24, 2.45) is 5.92 Å². The zero-order valence-corrected chi connectivity index (χ0v) is 12.0. The minimum atomic E-state index is 0.753. The van der Waals surface area contributed by atoms with E-state index < -0.39 is 0 Å². The summed E-state index contributed by atoms with van der Waals surface area (Å²) in [6.07, 6.45) is 13.0. The molecule has 104 valence electrons. The lowest BCUT2D eigenvalue weighted by Gasteiger charge is -2.38. The van der Waals surface area contributed by atoms with Crippen LogP contribution >= 0.6 is 0 Å². The lowest BCUT2D eigenvalue weighted by atomic mass is 9.84. The van der Waals surface area contributed by atoms with Gasteiger partial charge in [-0.05, 0) is 64.5 Å². The Bertz CT molecular complexity index is 260. The fourth-order valence-corrected chi connectivity index (χ4v) is 4.52. The summed E-state index contributed by atoms with van der Waals surface area (Å²) < 4.78 is 0. The minimum absolute atomic E-state index is 0.753. The number of nitrogens with one attached hydrogen (secondary N) is 1. The highest BCUT2D eigenvalue weighted by molar-refractivity contribution is 4.91. The molecule has 1 aliphatic carbocycles. The molecule has 0 aromatic rings. The van der Waals surface area contributed by atoms with Crippen molar-refractivity contribution >= 4 is 0 Å². The molecule has 0 amide bonds. The molecular formula is C16H30N2. The maximum absolute atomic E-state index is 3.97. The SMILES string of the molecule is C[C@H](NC1CCN2CCCC2C1)C1CCCCC1. The third-order valence-electron chi connectivity index (χ3n) is 5.68. The quantitative estimate of drug-likeness (QED) is 0.827. The van der Waals surface area contributed by atoms with Gasteiger partial charge in [-0.25, -0.2) is 0 Å². The van der Waals surface area contributed by atoms with E-state index in [1.54, 1.807) is 0 Å². The summed E-state index contributed by atoms with van der Waals surface area (Å²) in [4.78, 5) is 2.73. The van der Waals surface area contributed by atoms with Crippen molar-refractivity contribution in [3.63, 3.8) is 0 Å². The molecule has 3 rings (SSSR count). The first-order chi connectivity index (χ1) is 8.83. The number of hydrogen-bond acceptors (Lipinski definition) is 2. The van der Waals surface area contributed by atoms with Crippen LogP contribution in [0.5, 0.6) is 0 Å². The van der Waals surface area contributed by atoms with Gasteiger partial charge >= 0.3 is 0 Å². The van der Waals surface area contributed by atoms with Crippen LogP contribution in [-0.4, -0.2) is 36.1 Å². The highest BCUT2D eigenvalue weighted by Gasteiger charge is 2.32. The van der Waals surface area contributed by atoms with Crippen LogP contribution in [0.2, 0.25) is 0 Å². The molecule has 2 heteroatoms. The van der Waals surface area contributed by atoms with E-state index in [9.17, 15) is 0 Å². The molecule has 2 unspecified atom stereocenters. The molecule has 1 N–H and O–H groups in total. The molecule has 3 aliphatic rings. The lowest BCUT2D eigenvalue weighted by Crippen LogP contribution is -2.49. The standard InChI is InChI=1S/C16H30N2/c1-13(14-6-3-2-4-7-14)17-15-9-11-18-10-5-8-16(18)12-15/h13-17H,2-12H2,1H3/t13-,15?,16?/m0/s1. The Kier molecular flexibility index (Phi) is 4.25. The minimum Gasteiger partial charge on any atom is -0.311 e. The molecule has 3 fully saturated rings. The van der Waals surface area contributed by atoms with Crippen molar-refractivity contribution in [2.75, 3.05) is 13.1 Å². The van der Waals surface area contributed by atoms with Gasteiger partial charge in [-0.3, -0.25) is 0 Å². The second-order valence-electron chi connectivity index (χ2n) is 6.91. The fourth-order valence-electron chi connectivity index (χ4n) is 4.52. The van der Waals surface area contributed by atoms with Crippen LogP contribution in [-0.2, 0) is 0 Å². The molecule has 0 radical (unpaired) electrons. The molecule has 2 aliphatic heterocycles. The molecule has 2 heterocycles. The molecule has 2 saturated heterocycles. The Labute approximate surface area is 113 Å². The normalized spacial score (nSPS) is 36.5. The zero-order chi connectivity index (χ0) is 12.4. The number of hydrogen-bond donors (Lipinski definition) is 1. The average molecular weight is 250 g/mol. The first-order valence-corrected chi connectivity index (χ1v) is 8.33. The Morgan fingerprint density at radius 1 is 0.944 bits per heavy atom. The van der Waals surface area contributed by atoms with Gasteiger partial charge in [-0.1, -0.05) is 19.3 Å². The molecule has 0 aromatic heterocycles. The highest BCUT2D eigenvalue weighted by atomic mass is 15.2. The van der Waals surface area contributed by atoms with Crippen LogP contribution in [0.15, 0.2) is 0 Å². The summed E-state index contributed by atoms with van der Waals surface area (Å²) >= 11 is 0. The van der Waals surface area contributed by atoms with Crippen molar-refractivity contribution in [1.82, 2.24) is 10.2 Å². The molecular weight excluding hydrogens is 220 g/mol. The molecule has 18 heavy (non-hydrogen) atoms. The van der Waals surface area contributed by atoms with E-state index in [4.69, 9.17) is 0 Å². The predicted molar refractivity (Wildman–Crippen MR) is 76.8 cm³/mol. The van der Waals surface area contributed by atoms with Crippen LogP contribution < -0.4 is 5.32 Å². The summed E-state index contributed by atoms with van der Waals surface area (Å²) in [6.45, 7) is 5.16. The third-order valence-corrected chi connectivity index (χ3v) is 5.68. The Hall–Kier alpha value is -0.0800. The second-order valence-corrected chi connectivity index (χ2v) is 6.91. The monoisotopic (exact) mass is 250 g/mol. The predicted octanol–water partition coefficient (Wildman–Crippen LogP) is 3.17. The Morgan fingerprint density at radius 2 is 1.78 bits per heavy atom. The smallest absolute Gasteiger partial charge is 0.0111 e. The number of rotatable bonds is 3. The summed E-state index contributed by atoms with van der Waals surface area (Å²) in [5.74, 6) is 0.959. The first-order valence-electron chi connectivity index (χ1n) is 8.33. The van der Waals surface area contributed by atoms with E-state index in [1.165, 1.54) is 70.9 Å². The fraction of sp³-hybridized carbons (Fsp3) is 1.00. The third kappa shape index (κ3) is 2.91. The second kappa shape index (κ2) is 5.92. The van der Waals surface area contributed by atoms with Gasteiger partial charge in [0.15, 0.2) is 0 Å². The summed E-state index contributed by atoms with van der Waals surface area (Å²) in [6, 6.07) is 2.47. The van der Waals surface area contributed by atoms with Crippen LogP contribution in [0.4, 0.5) is 0 Å². The van der Waals surface area contributed by atoms with Gasteiger partial charge in [0.25, 0.3) is 0 Å². The Morgan fingerprint density at radius 3 is 2.61 bits per heavy atom. The summed E-state index contributed by atoms with van der Waals surface area (Å²) in [5, 5.41) is 3.97. The molecule has 3 atom stereocenters. The van der Waals surface area contributed by atoms with E-state index in [1.807, 2.05) is 0 Å². The highest BCUT2D eigenvalue weighted by Crippen LogP contribution is 2.30. The molecule has 0 spiro atoms. The lowest BCUT2D eigenvalue weighted by molar-refractivity contribution is 0.150. The van der Waals surface area contributed by atoms with Crippen LogP contribution in [0.1, 0.15) is 64.7 Å². The van der Waals surface area contributed by atoms with Gasteiger partial charge in [-0.2, -0.15) is 0 Å². The molecule has 1 saturated carbocycles. The van der Waals surface area contributed by atoms with Crippen molar-refractivity contribution in [3.05, 3.63) is 0 Å². The van der Waals surface area contributed by atoms with Gasteiger partial charge in [0.2, 0.25) is 0 Å². The van der Waals surface area contributed by atoms with Gasteiger partial charge < -0.3 is 10.2 Å². The maximum Gasteiger partial charge on any atom is 0.0111 e. The van der Waals surface area contributed by atoms with Gasteiger partial charge in [-0.15, -0.1) is 0 Å². The molecule has 2 nitrogen and oxygen atoms in total. The topological polar surface area (TPSA) is 15.3 Å². The number of piperidine rings is 1. The van der Waals surface area contributed by atoms with E-state index in [2.05, 4.69) is 17.1 Å². The van der Waals surface area contributed by atoms with E-state index in [-0.39, 0.29) is 0 Å². The zero-order valence-electron chi connectivity index (χ0n) is 12.0. The number of nitrogens with zero attached hydrogens (tertiary/aromatic N) is 1. The average Bonchev–Trinajstić information content (AvgIpc) is 2.87. The van der Waals surface area contributed by atoms with Crippen molar-refractivity contribution in [3.8, 4) is 0 Å². The first kappa shape index (κ1) is 12.9. The van der Waals surface area contributed by atoms with Crippen molar-refractivity contribution < 1.29 is 0 Å². The maximum atomic E-state index is 3.97.